The van der Waals surface area contributed by atoms with Gasteiger partial charge in [0.25, 0.3) is 5.52 Å². The molecule has 3 nitrogen and oxygen atoms in total. The van der Waals surface area contributed by atoms with E-state index in [1.54, 1.807) is 0 Å². The van der Waals surface area contributed by atoms with Crippen LogP contribution >= 0.6 is 0 Å². The minimum absolute atomic E-state index is 0.978. The van der Waals surface area contributed by atoms with E-state index in [9.17, 15) is 17.3 Å². The van der Waals surface area contributed by atoms with Gasteiger partial charge in [0.1, 0.15) is 0 Å². The fourth-order valence-corrected chi connectivity index (χ4v) is 3.20. The first-order valence-corrected chi connectivity index (χ1v) is 8.55. The molecular formula is C20H14BF4N3. The lowest BCUT2D eigenvalue weighted by molar-refractivity contribution is -0.499. The number of nitrogens with zero attached hydrogens (tertiary/aromatic N) is 3. The second kappa shape index (κ2) is 6.96. The normalized spacial score (nSPS) is 11.6. The Bertz CT molecular complexity index is 1260. The van der Waals surface area contributed by atoms with Crippen LogP contribution in [0.15, 0.2) is 85.2 Å². The van der Waals surface area contributed by atoms with Crippen LogP contribution in [0.4, 0.5) is 17.3 Å². The van der Waals surface area contributed by atoms with Gasteiger partial charge in [0, 0.05) is 17.7 Å². The summed E-state index contributed by atoms with van der Waals surface area (Å²) < 4.78 is 43.4. The second-order valence-electron chi connectivity index (χ2n) is 6.13. The molecule has 0 saturated carbocycles. The lowest BCUT2D eigenvalue weighted by Gasteiger charge is -2.03. The van der Waals surface area contributed by atoms with Gasteiger partial charge in [-0.2, -0.15) is 4.40 Å². The van der Waals surface area contributed by atoms with E-state index in [0.29, 0.717) is 0 Å². The molecule has 0 aliphatic rings. The molecule has 0 amide bonds. The summed E-state index contributed by atoms with van der Waals surface area (Å²) in [6.45, 7) is 0. The molecule has 0 N–H and O–H groups in total. The summed E-state index contributed by atoms with van der Waals surface area (Å²) >= 11 is 0. The van der Waals surface area contributed by atoms with E-state index in [4.69, 9.17) is 4.98 Å². The van der Waals surface area contributed by atoms with E-state index in [2.05, 4.69) is 81.9 Å². The van der Waals surface area contributed by atoms with Gasteiger partial charge in [-0.3, -0.25) is 4.40 Å². The van der Waals surface area contributed by atoms with Gasteiger partial charge in [-0.15, -0.1) is 0 Å². The zero-order valence-corrected chi connectivity index (χ0v) is 14.5. The molecule has 28 heavy (non-hydrogen) atoms. The predicted octanol–water partition coefficient (Wildman–Crippen LogP) is 5.19. The third-order valence-corrected chi connectivity index (χ3v) is 4.27. The molecule has 2 aromatic carbocycles. The molecule has 5 rings (SSSR count). The second-order valence-corrected chi connectivity index (χ2v) is 6.13. The minimum Gasteiger partial charge on any atom is -0.418 e. The molecule has 0 bridgehead atoms. The van der Waals surface area contributed by atoms with Crippen molar-refractivity contribution in [2.24, 2.45) is 0 Å². The standard InChI is InChI=1S/C20H14N3.BF4/c1-2-8-15(9-3-1)19-14-23-17-11-5-4-10-16(17)21-20(23)18-12-6-7-13-22(18)19;2-1(3,4)5/h1-14H;/q+1;-1. The van der Waals surface area contributed by atoms with E-state index >= 15 is 0 Å². The summed E-state index contributed by atoms with van der Waals surface area (Å²) in [6, 6.07) is 25.0. The topological polar surface area (TPSA) is 21.4 Å². The highest BCUT2D eigenvalue weighted by Gasteiger charge is 2.21. The molecule has 0 aliphatic heterocycles. The first kappa shape index (κ1) is 18.0. The Hall–Kier alpha value is -3.42. The van der Waals surface area contributed by atoms with Crippen molar-refractivity contribution < 1.29 is 21.7 Å². The van der Waals surface area contributed by atoms with Crippen molar-refractivity contribution in [3.8, 4) is 11.3 Å². The molecular weight excluding hydrogens is 369 g/mol. The van der Waals surface area contributed by atoms with E-state index in [0.717, 1.165) is 27.9 Å². The van der Waals surface area contributed by atoms with Crippen molar-refractivity contribution in [3.05, 3.63) is 85.2 Å². The highest BCUT2D eigenvalue weighted by Crippen LogP contribution is 2.22. The van der Waals surface area contributed by atoms with E-state index in [-0.39, 0.29) is 0 Å². The highest BCUT2D eigenvalue weighted by molar-refractivity contribution is 6.50. The molecule has 8 heteroatoms. The SMILES string of the molecule is F[B-](F)(F)F.c1ccc(-c2cn3c4ccccc4nc3c3cccc[n+]23)cc1. The number of halogens is 4. The maximum Gasteiger partial charge on any atom is 0.673 e. The van der Waals surface area contributed by atoms with Crippen LogP contribution in [0.5, 0.6) is 0 Å². The van der Waals surface area contributed by atoms with Crippen molar-refractivity contribution in [3.63, 3.8) is 0 Å². The molecule has 3 heterocycles. The third kappa shape index (κ3) is 3.53. The maximum atomic E-state index is 9.75. The monoisotopic (exact) mass is 383 g/mol. The summed E-state index contributed by atoms with van der Waals surface area (Å²) in [5.41, 5.74) is 6.57. The number of fused-ring (bicyclic) bond motifs is 5. The van der Waals surface area contributed by atoms with Crippen molar-refractivity contribution in [2.45, 2.75) is 0 Å². The smallest absolute Gasteiger partial charge is 0.418 e. The molecule has 3 aromatic heterocycles. The number of para-hydroxylation sites is 2. The summed E-state index contributed by atoms with van der Waals surface area (Å²) in [4.78, 5) is 4.82. The Morgan fingerprint density at radius 2 is 1.43 bits per heavy atom. The van der Waals surface area contributed by atoms with Crippen LogP contribution in [0.1, 0.15) is 0 Å². The Labute approximate surface area is 157 Å². The fourth-order valence-electron chi connectivity index (χ4n) is 3.20. The Balaban J connectivity index is 0.000000346. The zero-order chi connectivity index (χ0) is 19.7. The number of aromatic nitrogens is 3. The van der Waals surface area contributed by atoms with E-state index < -0.39 is 7.25 Å². The Morgan fingerprint density at radius 1 is 0.786 bits per heavy atom. The average molecular weight is 383 g/mol. The van der Waals surface area contributed by atoms with Crippen LogP contribution in [0.3, 0.4) is 0 Å². The van der Waals surface area contributed by atoms with Crippen LogP contribution in [-0.4, -0.2) is 16.6 Å². The van der Waals surface area contributed by atoms with Crippen LogP contribution in [-0.2, 0) is 0 Å². The lowest BCUT2D eigenvalue weighted by Crippen LogP contribution is -2.25. The van der Waals surface area contributed by atoms with Crippen LogP contribution in [0.25, 0.3) is 33.5 Å². The van der Waals surface area contributed by atoms with Gasteiger partial charge in [0.15, 0.2) is 6.20 Å². The largest absolute Gasteiger partial charge is 0.673 e. The van der Waals surface area contributed by atoms with Crippen molar-refractivity contribution >= 4 is 29.5 Å². The number of hydrogen-bond acceptors (Lipinski definition) is 1. The van der Waals surface area contributed by atoms with Crippen LogP contribution < -0.4 is 4.40 Å². The molecule has 0 unspecified atom stereocenters. The first-order valence-electron chi connectivity index (χ1n) is 8.55. The molecule has 0 atom stereocenters. The van der Waals surface area contributed by atoms with Gasteiger partial charge in [-0.05, 0) is 30.3 Å². The minimum atomic E-state index is -6.00. The van der Waals surface area contributed by atoms with Crippen molar-refractivity contribution in [1.29, 1.82) is 0 Å². The summed E-state index contributed by atoms with van der Waals surface area (Å²) in [6.07, 6.45) is 4.27. The summed E-state index contributed by atoms with van der Waals surface area (Å²) in [7, 11) is -6.00. The molecule has 0 fully saturated rings. The van der Waals surface area contributed by atoms with E-state index in [1.807, 2.05) is 12.1 Å². The van der Waals surface area contributed by atoms with Gasteiger partial charge < -0.3 is 17.3 Å². The number of benzene rings is 2. The predicted molar refractivity (Wildman–Crippen MR) is 101 cm³/mol. The molecule has 0 aliphatic carbocycles. The number of rotatable bonds is 1. The quantitative estimate of drug-likeness (QED) is 0.222. The van der Waals surface area contributed by atoms with Crippen LogP contribution in [0, 0.1) is 0 Å². The summed E-state index contributed by atoms with van der Waals surface area (Å²) in [5, 5.41) is 0. The number of pyridine rings is 1. The molecule has 0 radical (unpaired) electrons. The fraction of sp³-hybridized carbons (Fsp3) is 0. The third-order valence-electron chi connectivity index (χ3n) is 4.27. The molecule has 0 saturated heterocycles. The van der Waals surface area contributed by atoms with Gasteiger partial charge in [-0.1, -0.05) is 30.3 Å². The molecule has 0 spiro atoms. The summed E-state index contributed by atoms with van der Waals surface area (Å²) in [5.74, 6) is 0. The van der Waals surface area contributed by atoms with Gasteiger partial charge in [0.2, 0.25) is 11.3 Å². The zero-order valence-electron chi connectivity index (χ0n) is 14.5. The van der Waals surface area contributed by atoms with Crippen molar-refractivity contribution in [1.82, 2.24) is 9.38 Å². The van der Waals surface area contributed by atoms with Gasteiger partial charge >= 0.3 is 7.25 Å². The Kier molecular flexibility index (Phi) is 4.47. The molecule has 5 aromatic rings. The molecule has 140 valence electrons. The number of hydrogen-bond donors (Lipinski definition) is 0. The lowest BCUT2D eigenvalue weighted by atomic mass is 10.1. The maximum absolute atomic E-state index is 9.75. The highest BCUT2D eigenvalue weighted by atomic mass is 19.5. The van der Waals surface area contributed by atoms with Gasteiger partial charge in [0.05, 0.1) is 17.2 Å². The average Bonchev–Trinajstić information content (AvgIpc) is 3.06. The van der Waals surface area contributed by atoms with Gasteiger partial charge in [-0.25, -0.2) is 4.98 Å². The van der Waals surface area contributed by atoms with Crippen molar-refractivity contribution in [2.75, 3.05) is 0 Å². The Morgan fingerprint density at radius 3 is 2.18 bits per heavy atom. The van der Waals surface area contributed by atoms with E-state index in [1.165, 1.54) is 5.56 Å². The van der Waals surface area contributed by atoms with Crippen LogP contribution in [0.2, 0.25) is 0 Å². The first-order chi connectivity index (χ1) is 13.4. The number of imidazole rings is 1.